The lowest BCUT2D eigenvalue weighted by Crippen LogP contribution is -2.06. The van der Waals surface area contributed by atoms with Gasteiger partial charge in [0.1, 0.15) is 0 Å². The number of nitrogen functional groups attached to an aromatic ring is 1. The molecular formula is C7H9N3. The SMILES string of the molecule is C=Cc1cc(NN)ccn1. The van der Waals surface area contributed by atoms with Crippen molar-refractivity contribution in [1.29, 1.82) is 0 Å². The largest absolute Gasteiger partial charge is 0.324 e. The van der Waals surface area contributed by atoms with Crippen molar-refractivity contribution in [2.24, 2.45) is 5.84 Å². The van der Waals surface area contributed by atoms with E-state index >= 15 is 0 Å². The number of hydrazine groups is 1. The van der Waals surface area contributed by atoms with Gasteiger partial charge in [0.05, 0.1) is 11.4 Å². The Labute approximate surface area is 59.6 Å². The lowest BCUT2D eigenvalue weighted by molar-refractivity contribution is 1.26. The van der Waals surface area contributed by atoms with Gasteiger partial charge < -0.3 is 5.43 Å². The Bertz CT molecular complexity index is 232. The van der Waals surface area contributed by atoms with Crippen LogP contribution in [0.3, 0.4) is 0 Å². The summed E-state index contributed by atoms with van der Waals surface area (Å²) in [6.45, 7) is 3.58. The van der Waals surface area contributed by atoms with E-state index in [-0.39, 0.29) is 0 Å². The van der Waals surface area contributed by atoms with Crippen molar-refractivity contribution in [3.8, 4) is 0 Å². The molecule has 0 fully saturated rings. The molecule has 0 saturated heterocycles. The summed E-state index contributed by atoms with van der Waals surface area (Å²) in [7, 11) is 0. The van der Waals surface area contributed by atoms with Gasteiger partial charge in [0.2, 0.25) is 0 Å². The number of aromatic nitrogens is 1. The highest BCUT2D eigenvalue weighted by Gasteiger charge is 1.88. The number of nitrogens with one attached hydrogen (secondary N) is 1. The summed E-state index contributed by atoms with van der Waals surface area (Å²) in [5.74, 6) is 5.16. The molecule has 1 aromatic rings. The lowest BCUT2D eigenvalue weighted by atomic mass is 10.3. The summed E-state index contributed by atoms with van der Waals surface area (Å²) in [5, 5.41) is 0. The summed E-state index contributed by atoms with van der Waals surface area (Å²) in [4.78, 5) is 3.99. The molecule has 3 heteroatoms. The van der Waals surface area contributed by atoms with E-state index in [1.54, 1.807) is 18.3 Å². The fourth-order valence-corrected chi connectivity index (χ4v) is 0.650. The molecule has 0 saturated carbocycles. The number of pyridine rings is 1. The highest BCUT2D eigenvalue weighted by atomic mass is 15.2. The summed E-state index contributed by atoms with van der Waals surface area (Å²) < 4.78 is 0. The van der Waals surface area contributed by atoms with Crippen LogP contribution < -0.4 is 11.3 Å². The van der Waals surface area contributed by atoms with Crippen molar-refractivity contribution in [2.45, 2.75) is 0 Å². The van der Waals surface area contributed by atoms with Gasteiger partial charge in [-0.25, -0.2) is 0 Å². The van der Waals surface area contributed by atoms with Crippen LogP contribution in [0.2, 0.25) is 0 Å². The highest BCUT2D eigenvalue weighted by Crippen LogP contribution is 2.05. The van der Waals surface area contributed by atoms with E-state index in [0.29, 0.717) is 0 Å². The first kappa shape index (κ1) is 6.77. The molecule has 3 nitrogen and oxygen atoms in total. The third-order valence-electron chi connectivity index (χ3n) is 1.16. The van der Waals surface area contributed by atoms with Crippen LogP contribution in [-0.4, -0.2) is 4.98 Å². The van der Waals surface area contributed by atoms with Crippen LogP contribution in [0.5, 0.6) is 0 Å². The van der Waals surface area contributed by atoms with Crippen molar-refractivity contribution in [1.82, 2.24) is 4.98 Å². The van der Waals surface area contributed by atoms with Gasteiger partial charge in [-0.1, -0.05) is 6.58 Å². The molecule has 1 rings (SSSR count). The zero-order valence-corrected chi connectivity index (χ0v) is 5.54. The Kier molecular flexibility index (Phi) is 2.02. The van der Waals surface area contributed by atoms with E-state index in [9.17, 15) is 0 Å². The number of nitrogens with two attached hydrogens (primary N) is 1. The third kappa shape index (κ3) is 1.33. The normalized spacial score (nSPS) is 8.90. The van der Waals surface area contributed by atoms with Crippen LogP contribution >= 0.6 is 0 Å². The maximum Gasteiger partial charge on any atom is 0.0644 e. The molecule has 0 radical (unpaired) electrons. The van der Waals surface area contributed by atoms with Gasteiger partial charge in [-0.3, -0.25) is 10.8 Å². The van der Waals surface area contributed by atoms with Crippen LogP contribution in [0.1, 0.15) is 5.69 Å². The first-order valence-corrected chi connectivity index (χ1v) is 2.92. The smallest absolute Gasteiger partial charge is 0.0644 e. The van der Waals surface area contributed by atoms with Crippen LogP contribution in [0.25, 0.3) is 6.08 Å². The second-order valence-corrected chi connectivity index (χ2v) is 1.82. The molecule has 0 aliphatic carbocycles. The monoisotopic (exact) mass is 135 g/mol. The van der Waals surface area contributed by atoms with Crippen molar-refractivity contribution in [3.63, 3.8) is 0 Å². The molecule has 3 N–H and O–H groups in total. The van der Waals surface area contributed by atoms with E-state index in [0.717, 1.165) is 11.4 Å². The Morgan fingerprint density at radius 1 is 1.70 bits per heavy atom. The molecule has 0 spiro atoms. The van der Waals surface area contributed by atoms with Crippen molar-refractivity contribution in [3.05, 3.63) is 30.6 Å². The van der Waals surface area contributed by atoms with E-state index in [1.807, 2.05) is 6.07 Å². The molecule has 0 aliphatic heterocycles. The zero-order chi connectivity index (χ0) is 7.40. The molecule has 52 valence electrons. The van der Waals surface area contributed by atoms with Gasteiger partial charge in [-0.05, 0) is 18.2 Å². The first-order valence-electron chi connectivity index (χ1n) is 2.92. The van der Waals surface area contributed by atoms with E-state index < -0.39 is 0 Å². The minimum absolute atomic E-state index is 0.815. The van der Waals surface area contributed by atoms with Gasteiger partial charge in [0.25, 0.3) is 0 Å². The van der Waals surface area contributed by atoms with Gasteiger partial charge in [0.15, 0.2) is 0 Å². The second kappa shape index (κ2) is 2.98. The summed E-state index contributed by atoms with van der Waals surface area (Å²) in [6, 6.07) is 3.60. The average molecular weight is 135 g/mol. The standard InChI is InChI=1S/C7H9N3/c1-2-6-5-7(10-8)3-4-9-6/h2-5H,1,8H2,(H,9,10). The minimum Gasteiger partial charge on any atom is -0.324 e. The van der Waals surface area contributed by atoms with E-state index in [2.05, 4.69) is 17.0 Å². The van der Waals surface area contributed by atoms with Crippen LogP contribution in [0, 0.1) is 0 Å². The van der Waals surface area contributed by atoms with E-state index in [4.69, 9.17) is 5.84 Å². The summed E-state index contributed by atoms with van der Waals surface area (Å²) in [6.07, 6.45) is 3.34. The second-order valence-electron chi connectivity index (χ2n) is 1.82. The molecule has 1 heterocycles. The van der Waals surface area contributed by atoms with Crippen LogP contribution in [0.4, 0.5) is 5.69 Å². The van der Waals surface area contributed by atoms with Gasteiger partial charge in [0, 0.05) is 6.20 Å². The zero-order valence-electron chi connectivity index (χ0n) is 5.54. The Morgan fingerprint density at radius 2 is 2.50 bits per heavy atom. The lowest BCUT2D eigenvalue weighted by Gasteiger charge is -1.98. The number of hydrogen-bond acceptors (Lipinski definition) is 3. The minimum atomic E-state index is 0.815. The molecule has 10 heavy (non-hydrogen) atoms. The first-order chi connectivity index (χ1) is 4.86. The predicted octanol–water partition coefficient (Wildman–Crippen LogP) is 1.01. The quantitative estimate of drug-likeness (QED) is 0.470. The van der Waals surface area contributed by atoms with Crippen LogP contribution in [0.15, 0.2) is 24.9 Å². The molecule has 0 amide bonds. The summed E-state index contributed by atoms with van der Waals surface area (Å²) >= 11 is 0. The Hall–Kier alpha value is -1.35. The molecular weight excluding hydrogens is 126 g/mol. The average Bonchev–Trinajstić information content (AvgIpc) is 2.05. The van der Waals surface area contributed by atoms with Crippen molar-refractivity contribution >= 4 is 11.8 Å². The van der Waals surface area contributed by atoms with Crippen molar-refractivity contribution in [2.75, 3.05) is 5.43 Å². The fourth-order valence-electron chi connectivity index (χ4n) is 0.650. The van der Waals surface area contributed by atoms with Crippen LogP contribution in [-0.2, 0) is 0 Å². The molecule has 0 atom stereocenters. The van der Waals surface area contributed by atoms with Gasteiger partial charge in [-0.15, -0.1) is 0 Å². The molecule has 0 unspecified atom stereocenters. The number of nitrogens with zero attached hydrogens (tertiary/aromatic N) is 1. The molecule has 0 bridgehead atoms. The number of anilines is 1. The third-order valence-corrected chi connectivity index (χ3v) is 1.16. The Balaban J connectivity index is 2.98. The Morgan fingerprint density at radius 3 is 3.10 bits per heavy atom. The van der Waals surface area contributed by atoms with E-state index in [1.165, 1.54) is 0 Å². The maximum absolute atomic E-state index is 5.16. The molecule has 0 aliphatic rings. The van der Waals surface area contributed by atoms with Crippen molar-refractivity contribution < 1.29 is 0 Å². The topological polar surface area (TPSA) is 50.9 Å². The van der Waals surface area contributed by atoms with Gasteiger partial charge >= 0.3 is 0 Å². The number of rotatable bonds is 2. The molecule has 0 aromatic carbocycles. The summed E-state index contributed by atoms with van der Waals surface area (Å²) in [5.41, 5.74) is 4.17. The van der Waals surface area contributed by atoms with Gasteiger partial charge in [-0.2, -0.15) is 0 Å². The fraction of sp³-hybridized carbons (Fsp3) is 0. The predicted molar refractivity (Wildman–Crippen MR) is 42.1 cm³/mol. The molecule has 1 aromatic heterocycles. The highest BCUT2D eigenvalue weighted by molar-refractivity contribution is 5.51. The maximum atomic E-state index is 5.16. The number of hydrogen-bond donors (Lipinski definition) is 2.